The van der Waals surface area contributed by atoms with E-state index >= 15 is 0 Å². The molecule has 0 radical (unpaired) electrons. The normalized spacial score (nSPS) is 12.5. The highest BCUT2D eigenvalue weighted by molar-refractivity contribution is 5.32. The molecule has 0 aliphatic heterocycles. The summed E-state index contributed by atoms with van der Waals surface area (Å²) in [6.45, 7) is 2.12. The molecule has 0 saturated heterocycles. The lowest BCUT2D eigenvalue weighted by atomic mass is 10.2. The molecular formula is C8H13N3O. The lowest BCUT2D eigenvalue weighted by Crippen LogP contribution is -2.23. The van der Waals surface area contributed by atoms with Crippen molar-refractivity contribution in [2.24, 2.45) is 0 Å². The molecule has 0 bridgehead atoms. The van der Waals surface area contributed by atoms with E-state index in [9.17, 15) is 0 Å². The summed E-state index contributed by atoms with van der Waals surface area (Å²) in [6.07, 6.45) is 2.48. The Balaban J connectivity index is 2.51. The topological polar surface area (TPSA) is 58.0 Å². The molecule has 0 saturated carbocycles. The molecule has 1 unspecified atom stereocenters. The Morgan fingerprint density at radius 2 is 2.50 bits per heavy atom. The second kappa shape index (κ2) is 4.66. The summed E-state index contributed by atoms with van der Waals surface area (Å²) in [5.41, 5.74) is 0. The minimum Gasteiger partial charge on any atom is -0.394 e. The molecule has 0 aromatic carbocycles. The molecule has 1 heterocycles. The van der Waals surface area contributed by atoms with Crippen LogP contribution in [0.1, 0.15) is 13.3 Å². The first-order valence-corrected chi connectivity index (χ1v) is 4.02. The molecule has 2 N–H and O–H groups in total. The van der Waals surface area contributed by atoms with E-state index < -0.39 is 0 Å². The van der Waals surface area contributed by atoms with Crippen LogP contribution < -0.4 is 5.32 Å². The van der Waals surface area contributed by atoms with Crippen molar-refractivity contribution < 1.29 is 5.11 Å². The van der Waals surface area contributed by atoms with Crippen LogP contribution in [0.4, 0.5) is 5.82 Å². The quantitative estimate of drug-likeness (QED) is 0.691. The van der Waals surface area contributed by atoms with Gasteiger partial charge in [-0.25, -0.2) is 0 Å². The van der Waals surface area contributed by atoms with E-state index in [1.165, 1.54) is 0 Å². The molecule has 1 aromatic heterocycles. The number of rotatable bonds is 4. The second-order valence-electron chi connectivity index (χ2n) is 2.54. The van der Waals surface area contributed by atoms with Crippen molar-refractivity contribution in [3.63, 3.8) is 0 Å². The molecular weight excluding hydrogens is 154 g/mol. The third kappa shape index (κ3) is 2.47. The van der Waals surface area contributed by atoms with Crippen LogP contribution in [0, 0.1) is 0 Å². The largest absolute Gasteiger partial charge is 0.394 e. The Kier molecular flexibility index (Phi) is 3.47. The Bertz CT molecular complexity index is 211. The van der Waals surface area contributed by atoms with E-state index in [0.717, 1.165) is 6.42 Å². The lowest BCUT2D eigenvalue weighted by Gasteiger charge is -2.13. The van der Waals surface area contributed by atoms with Gasteiger partial charge >= 0.3 is 0 Å². The molecule has 0 amide bonds. The molecule has 1 atom stereocenters. The van der Waals surface area contributed by atoms with Crippen molar-refractivity contribution in [2.75, 3.05) is 11.9 Å². The van der Waals surface area contributed by atoms with Gasteiger partial charge in [-0.1, -0.05) is 6.92 Å². The number of aliphatic hydroxyl groups is 1. The van der Waals surface area contributed by atoms with Crippen LogP contribution in [0.3, 0.4) is 0 Å². The first-order chi connectivity index (χ1) is 5.86. The SMILES string of the molecule is CCC(CO)Nc1cccnn1. The Hall–Kier alpha value is -1.16. The maximum atomic E-state index is 8.88. The third-order valence-corrected chi connectivity index (χ3v) is 1.64. The fourth-order valence-electron chi connectivity index (χ4n) is 0.864. The van der Waals surface area contributed by atoms with Crippen LogP contribution in [0.25, 0.3) is 0 Å². The Labute approximate surface area is 71.6 Å². The van der Waals surface area contributed by atoms with Gasteiger partial charge < -0.3 is 10.4 Å². The number of aromatic nitrogens is 2. The van der Waals surface area contributed by atoms with E-state index in [0.29, 0.717) is 5.82 Å². The van der Waals surface area contributed by atoms with Gasteiger partial charge in [-0.3, -0.25) is 0 Å². The van der Waals surface area contributed by atoms with Gasteiger partial charge in [0, 0.05) is 6.20 Å². The van der Waals surface area contributed by atoms with Crippen molar-refractivity contribution in [3.8, 4) is 0 Å². The summed E-state index contributed by atoms with van der Waals surface area (Å²) in [4.78, 5) is 0. The number of anilines is 1. The molecule has 4 nitrogen and oxygen atoms in total. The van der Waals surface area contributed by atoms with Gasteiger partial charge in [0.05, 0.1) is 12.6 Å². The van der Waals surface area contributed by atoms with Gasteiger partial charge in [0.25, 0.3) is 0 Å². The van der Waals surface area contributed by atoms with Crippen LogP contribution in [0.2, 0.25) is 0 Å². The van der Waals surface area contributed by atoms with Crippen molar-refractivity contribution >= 4 is 5.82 Å². The zero-order valence-corrected chi connectivity index (χ0v) is 7.07. The highest BCUT2D eigenvalue weighted by Crippen LogP contribution is 2.02. The Morgan fingerprint density at radius 3 is 3.00 bits per heavy atom. The molecule has 0 aliphatic carbocycles. The van der Waals surface area contributed by atoms with Gasteiger partial charge in [-0.2, -0.15) is 5.10 Å². The third-order valence-electron chi connectivity index (χ3n) is 1.64. The first kappa shape index (κ1) is 8.93. The minimum absolute atomic E-state index is 0.0710. The maximum absolute atomic E-state index is 8.88. The average molecular weight is 167 g/mol. The summed E-state index contributed by atoms with van der Waals surface area (Å²) in [7, 11) is 0. The zero-order valence-electron chi connectivity index (χ0n) is 7.07. The maximum Gasteiger partial charge on any atom is 0.148 e. The minimum atomic E-state index is 0.0710. The predicted octanol–water partition coefficient (Wildman–Crippen LogP) is 0.659. The van der Waals surface area contributed by atoms with E-state index in [-0.39, 0.29) is 12.6 Å². The van der Waals surface area contributed by atoms with Crippen molar-refractivity contribution in [1.82, 2.24) is 10.2 Å². The van der Waals surface area contributed by atoms with E-state index in [1.54, 1.807) is 12.3 Å². The number of nitrogens with one attached hydrogen (secondary N) is 1. The van der Waals surface area contributed by atoms with Crippen molar-refractivity contribution in [3.05, 3.63) is 18.3 Å². The number of aliphatic hydroxyl groups excluding tert-OH is 1. The average Bonchev–Trinajstić information content (AvgIpc) is 2.16. The summed E-state index contributed by atoms with van der Waals surface area (Å²) in [6, 6.07) is 3.70. The van der Waals surface area contributed by atoms with Gasteiger partial charge in [0.15, 0.2) is 0 Å². The molecule has 0 fully saturated rings. The monoisotopic (exact) mass is 167 g/mol. The van der Waals surface area contributed by atoms with Crippen LogP contribution in [0.5, 0.6) is 0 Å². The second-order valence-corrected chi connectivity index (χ2v) is 2.54. The summed E-state index contributed by atoms with van der Waals surface area (Å²) in [5.74, 6) is 0.707. The predicted molar refractivity (Wildman–Crippen MR) is 46.8 cm³/mol. The van der Waals surface area contributed by atoms with Gasteiger partial charge in [0.1, 0.15) is 5.82 Å². The van der Waals surface area contributed by atoms with Crippen LogP contribution in [-0.2, 0) is 0 Å². The van der Waals surface area contributed by atoms with Crippen molar-refractivity contribution in [2.45, 2.75) is 19.4 Å². The van der Waals surface area contributed by atoms with E-state index in [4.69, 9.17) is 5.11 Å². The summed E-state index contributed by atoms with van der Waals surface area (Å²) < 4.78 is 0. The fraction of sp³-hybridized carbons (Fsp3) is 0.500. The number of nitrogens with zero attached hydrogens (tertiary/aromatic N) is 2. The zero-order chi connectivity index (χ0) is 8.81. The van der Waals surface area contributed by atoms with Gasteiger partial charge in [0.2, 0.25) is 0 Å². The van der Waals surface area contributed by atoms with E-state index in [2.05, 4.69) is 15.5 Å². The fourth-order valence-corrected chi connectivity index (χ4v) is 0.864. The summed E-state index contributed by atoms with van der Waals surface area (Å²) in [5, 5.41) is 19.5. The van der Waals surface area contributed by atoms with Crippen LogP contribution in [0.15, 0.2) is 18.3 Å². The van der Waals surface area contributed by atoms with Crippen LogP contribution >= 0.6 is 0 Å². The molecule has 1 aromatic rings. The molecule has 0 aliphatic rings. The highest BCUT2D eigenvalue weighted by atomic mass is 16.3. The van der Waals surface area contributed by atoms with E-state index in [1.807, 2.05) is 13.0 Å². The molecule has 12 heavy (non-hydrogen) atoms. The van der Waals surface area contributed by atoms with Crippen LogP contribution in [-0.4, -0.2) is 28.0 Å². The Morgan fingerprint density at radius 1 is 1.67 bits per heavy atom. The molecule has 4 heteroatoms. The smallest absolute Gasteiger partial charge is 0.148 e. The number of hydrogen-bond acceptors (Lipinski definition) is 4. The molecule has 1 rings (SSSR count). The molecule has 66 valence electrons. The highest BCUT2D eigenvalue weighted by Gasteiger charge is 2.03. The van der Waals surface area contributed by atoms with Gasteiger partial charge in [-0.05, 0) is 18.6 Å². The van der Waals surface area contributed by atoms with Gasteiger partial charge in [-0.15, -0.1) is 5.10 Å². The lowest BCUT2D eigenvalue weighted by molar-refractivity contribution is 0.271. The molecule has 0 spiro atoms. The van der Waals surface area contributed by atoms with Crippen molar-refractivity contribution in [1.29, 1.82) is 0 Å². The standard InChI is InChI=1S/C8H13N3O/c1-2-7(6-12)10-8-4-3-5-9-11-8/h3-5,7,12H,2,6H2,1H3,(H,10,11). The first-order valence-electron chi connectivity index (χ1n) is 4.02. The number of hydrogen-bond donors (Lipinski definition) is 2. The summed E-state index contributed by atoms with van der Waals surface area (Å²) >= 11 is 0.